The number of hydrogen-bond donors (Lipinski definition) is 0. The lowest BCUT2D eigenvalue weighted by atomic mass is 10.0. The van der Waals surface area contributed by atoms with E-state index < -0.39 is 23.6 Å². The van der Waals surface area contributed by atoms with Gasteiger partial charge in [0.15, 0.2) is 0 Å². The lowest BCUT2D eigenvalue weighted by molar-refractivity contribution is -0.160. The third kappa shape index (κ3) is 2.84. The minimum Gasteiger partial charge on any atom is -0.457 e. The van der Waals surface area contributed by atoms with Gasteiger partial charge < -0.3 is 9.47 Å². The molecule has 1 atom stereocenters. The molecule has 16 heavy (non-hydrogen) atoms. The molecule has 1 aliphatic heterocycles. The molecule has 0 saturated carbocycles. The smallest absolute Gasteiger partial charge is 0.348 e. The minimum atomic E-state index is -0.794. The zero-order chi connectivity index (χ0) is 12.5. The highest BCUT2D eigenvalue weighted by molar-refractivity contribution is 5.90. The molecule has 0 bridgehead atoms. The van der Waals surface area contributed by atoms with E-state index in [1.54, 1.807) is 13.8 Å². The van der Waals surface area contributed by atoms with Crippen molar-refractivity contribution in [2.45, 2.75) is 45.8 Å². The van der Waals surface area contributed by atoms with Crippen LogP contribution in [0.5, 0.6) is 0 Å². The first-order valence-electron chi connectivity index (χ1n) is 5.35. The zero-order valence-electron chi connectivity index (χ0n) is 10.2. The predicted molar refractivity (Wildman–Crippen MR) is 58.6 cm³/mol. The molecule has 1 rings (SSSR count). The lowest BCUT2D eigenvalue weighted by Gasteiger charge is -2.14. The van der Waals surface area contributed by atoms with Crippen molar-refractivity contribution in [2.24, 2.45) is 5.92 Å². The summed E-state index contributed by atoms with van der Waals surface area (Å²) in [6.07, 6.45) is -0.402. The van der Waals surface area contributed by atoms with E-state index in [2.05, 4.69) is 6.58 Å². The molecule has 0 N–H and O–H groups in total. The summed E-state index contributed by atoms with van der Waals surface area (Å²) in [6, 6.07) is 0. The van der Waals surface area contributed by atoms with Gasteiger partial charge in [-0.3, -0.25) is 0 Å². The Kier molecular flexibility index (Phi) is 3.41. The quantitative estimate of drug-likeness (QED) is 0.544. The van der Waals surface area contributed by atoms with E-state index in [4.69, 9.17) is 9.47 Å². The lowest BCUT2D eigenvalue weighted by Crippen LogP contribution is -2.24. The molecule has 90 valence electrons. The van der Waals surface area contributed by atoms with Crippen molar-refractivity contribution < 1.29 is 19.1 Å². The molecule has 1 unspecified atom stereocenters. The Labute approximate surface area is 95.6 Å². The van der Waals surface area contributed by atoms with E-state index in [1.807, 2.05) is 13.8 Å². The van der Waals surface area contributed by atoms with E-state index in [0.29, 0.717) is 12.0 Å². The molecule has 0 spiro atoms. The van der Waals surface area contributed by atoms with Crippen LogP contribution in [0.1, 0.15) is 34.1 Å². The van der Waals surface area contributed by atoms with E-state index in [-0.39, 0.29) is 5.92 Å². The van der Waals surface area contributed by atoms with Crippen molar-refractivity contribution in [2.75, 3.05) is 0 Å². The Morgan fingerprint density at radius 2 is 2.12 bits per heavy atom. The maximum Gasteiger partial charge on any atom is 0.348 e. The first-order valence-corrected chi connectivity index (χ1v) is 5.35. The SMILES string of the molecule is C=C(C(=O)OC1CC(C)(C)OC1=O)C(C)C. The highest BCUT2D eigenvalue weighted by atomic mass is 16.6. The van der Waals surface area contributed by atoms with Crippen molar-refractivity contribution in [3.05, 3.63) is 12.2 Å². The third-order valence-corrected chi connectivity index (χ3v) is 2.53. The van der Waals surface area contributed by atoms with Gasteiger partial charge in [0.2, 0.25) is 6.10 Å². The molecule has 1 heterocycles. The molecule has 0 aromatic heterocycles. The van der Waals surface area contributed by atoms with Crippen LogP contribution in [0.15, 0.2) is 12.2 Å². The first-order chi connectivity index (χ1) is 7.23. The molecular weight excluding hydrogens is 208 g/mol. The Morgan fingerprint density at radius 1 is 1.56 bits per heavy atom. The van der Waals surface area contributed by atoms with Gasteiger partial charge in [-0.25, -0.2) is 9.59 Å². The van der Waals surface area contributed by atoms with Crippen LogP contribution >= 0.6 is 0 Å². The van der Waals surface area contributed by atoms with E-state index in [0.717, 1.165) is 0 Å². The third-order valence-electron chi connectivity index (χ3n) is 2.53. The molecule has 0 amide bonds. The van der Waals surface area contributed by atoms with Gasteiger partial charge in [0.05, 0.1) is 0 Å². The molecule has 4 nitrogen and oxygen atoms in total. The fraction of sp³-hybridized carbons (Fsp3) is 0.667. The molecule has 0 aliphatic carbocycles. The van der Waals surface area contributed by atoms with Gasteiger partial charge in [-0.15, -0.1) is 0 Å². The second-order valence-electron chi connectivity index (χ2n) is 4.96. The normalized spacial score (nSPS) is 23.1. The number of hydrogen-bond acceptors (Lipinski definition) is 4. The second-order valence-corrected chi connectivity index (χ2v) is 4.96. The number of carbonyl (C=O) groups is 2. The molecule has 0 radical (unpaired) electrons. The Bertz CT molecular complexity index is 328. The molecule has 4 heteroatoms. The van der Waals surface area contributed by atoms with Crippen LogP contribution in [0.3, 0.4) is 0 Å². The summed E-state index contributed by atoms with van der Waals surface area (Å²) in [6.45, 7) is 10.9. The highest BCUT2D eigenvalue weighted by Crippen LogP contribution is 2.28. The van der Waals surface area contributed by atoms with Crippen molar-refractivity contribution in [1.82, 2.24) is 0 Å². The minimum absolute atomic E-state index is 0.0120. The van der Waals surface area contributed by atoms with Crippen molar-refractivity contribution in [3.8, 4) is 0 Å². The first kappa shape index (κ1) is 12.7. The second kappa shape index (κ2) is 4.28. The van der Waals surface area contributed by atoms with Gasteiger partial charge in [-0.1, -0.05) is 20.4 Å². The van der Waals surface area contributed by atoms with Gasteiger partial charge in [-0.2, -0.15) is 0 Å². The Hall–Kier alpha value is -1.32. The van der Waals surface area contributed by atoms with Crippen molar-refractivity contribution >= 4 is 11.9 Å². The maximum absolute atomic E-state index is 11.6. The fourth-order valence-electron chi connectivity index (χ4n) is 1.44. The maximum atomic E-state index is 11.6. The highest BCUT2D eigenvalue weighted by Gasteiger charge is 2.42. The van der Waals surface area contributed by atoms with Crippen molar-refractivity contribution in [3.63, 3.8) is 0 Å². The van der Waals surface area contributed by atoms with Crippen LogP contribution in [-0.4, -0.2) is 23.6 Å². The summed E-state index contributed by atoms with van der Waals surface area (Å²) in [5, 5.41) is 0. The zero-order valence-corrected chi connectivity index (χ0v) is 10.2. The Morgan fingerprint density at radius 3 is 2.50 bits per heavy atom. The topological polar surface area (TPSA) is 52.6 Å². The summed E-state index contributed by atoms with van der Waals surface area (Å²) in [4.78, 5) is 23.0. The number of carbonyl (C=O) groups excluding carboxylic acids is 2. The molecule has 1 saturated heterocycles. The summed E-state index contributed by atoms with van der Waals surface area (Å²) >= 11 is 0. The molecule has 1 aliphatic rings. The van der Waals surface area contributed by atoms with Gasteiger partial charge in [-0.05, 0) is 19.8 Å². The molecule has 1 fully saturated rings. The van der Waals surface area contributed by atoms with E-state index in [9.17, 15) is 9.59 Å². The summed E-state index contributed by atoms with van der Waals surface area (Å²) in [5.74, 6) is -0.984. The van der Waals surface area contributed by atoms with Gasteiger partial charge in [0.25, 0.3) is 0 Å². The summed E-state index contributed by atoms with van der Waals surface area (Å²) in [5.41, 5.74) is -0.182. The van der Waals surface area contributed by atoms with E-state index >= 15 is 0 Å². The van der Waals surface area contributed by atoms with Gasteiger partial charge in [0.1, 0.15) is 5.60 Å². The van der Waals surface area contributed by atoms with Crippen LogP contribution < -0.4 is 0 Å². The standard InChI is InChI=1S/C12H18O4/c1-7(2)8(3)10(13)15-9-6-12(4,5)16-11(9)14/h7,9H,3,6H2,1-2,4-5H3. The number of rotatable bonds is 3. The molecule has 0 aromatic carbocycles. The molecular formula is C12H18O4. The van der Waals surface area contributed by atoms with Gasteiger partial charge >= 0.3 is 11.9 Å². The monoisotopic (exact) mass is 226 g/mol. The van der Waals surface area contributed by atoms with Gasteiger partial charge in [0, 0.05) is 12.0 Å². The average Bonchev–Trinajstić information content (AvgIpc) is 2.38. The van der Waals surface area contributed by atoms with Crippen LogP contribution in [0.4, 0.5) is 0 Å². The average molecular weight is 226 g/mol. The fourth-order valence-corrected chi connectivity index (χ4v) is 1.44. The van der Waals surface area contributed by atoms with Crippen LogP contribution in [-0.2, 0) is 19.1 Å². The molecule has 0 aromatic rings. The van der Waals surface area contributed by atoms with Crippen LogP contribution in [0, 0.1) is 5.92 Å². The van der Waals surface area contributed by atoms with Crippen LogP contribution in [0.2, 0.25) is 0 Å². The predicted octanol–water partition coefficient (Wildman–Crippen LogP) is 1.84. The largest absolute Gasteiger partial charge is 0.457 e. The van der Waals surface area contributed by atoms with Crippen molar-refractivity contribution in [1.29, 1.82) is 0 Å². The summed E-state index contributed by atoms with van der Waals surface area (Å²) < 4.78 is 10.1. The van der Waals surface area contributed by atoms with E-state index in [1.165, 1.54) is 0 Å². The number of cyclic esters (lactones) is 1. The summed E-state index contributed by atoms with van der Waals surface area (Å²) in [7, 11) is 0. The van der Waals surface area contributed by atoms with Crippen LogP contribution in [0.25, 0.3) is 0 Å². The number of esters is 2. The number of ether oxygens (including phenoxy) is 2. The Balaban J connectivity index is 2.60.